The number of carbonyl (C=O) groups excluding carboxylic acids is 2. The van der Waals surface area contributed by atoms with Gasteiger partial charge in [0.05, 0.1) is 24.9 Å². The van der Waals surface area contributed by atoms with Crippen LogP contribution < -0.4 is 15.4 Å². The molecule has 24 heavy (non-hydrogen) atoms. The molecule has 126 valence electrons. The number of hydrogen-bond acceptors (Lipinski definition) is 4. The van der Waals surface area contributed by atoms with Gasteiger partial charge in [0, 0.05) is 5.69 Å². The molecule has 2 aromatic rings. The maximum Gasteiger partial charge on any atom is 0.240 e. The highest BCUT2D eigenvalue weighted by molar-refractivity contribution is 6.32. The van der Waals surface area contributed by atoms with Gasteiger partial charge in [0.25, 0.3) is 0 Å². The van der Waals surface area contributed by atoms with Crippen molar-refractivity contribution in [1.82, 2.24) is 5.32 Å². The first-order valence-electron chi connectivity index (χ1n) is 7.51. The lowest BCUT2D eigenvalue weighted by molar-refractivity contribution is -0.134. The van der Waals surface area contributed by atoms with Crippen molar-refractivity contribution < 1.29 is 18.7 Å². The molecular formula is C17H17ClN2O4. The van der Waals surface area contributed by atoms with Gasteiger partial charge in [0.1, 0.15) is 16.9 Å². The molecule has 1 aromatic carbocycles. The summed E-state index contributed by atoms with van der Waals surface area (Å²) in [6.45, 7) is 0.259. The van der Waals surface area contributed by atoms with Crippen LogP contribution in [-0.4, -0.2) is 18.9 Å². The van der Waals surface area contributed by atoms with Crippen LogP contribution in [0.15, 0.2) is 41.0 Å². The maximum absolute atomic E-state index is 12.5. The molecule has 7 heteroatoms. The summed E-state index contributed by atoms with van der Waals surface area (Å²) in [5.41, 5.74) is -0.491. The van der Waals surface area contributed by atoms with Crippen LogP contribution in [-0.2, 0) is 16.1 Å². The minimum Gasteiger partial charge on any atom is -0.495 e. The van der Waals surface area contributed by atoms with Crippen molar-refractivity contribution in [3.8, 4) is 5.75 Å². The standard InChI is InChI=1S/C17H17ClN2O4/c1-23-14-5-4-11(9-13(14)18)20-16(22)17(6-7-17)15(21)19-10-12-3-2-8-24-12/h2-5,8-9H,6-7,10H2,1H3,(H,19,21)(H,20,22). The lowest BCUT2D eigenvalue weighted by Crippen LogP contribution is -2.39. The number of halogens is 1. The largest absolute Gasteiger partial charge is 0.495 e. The van der Waals surface area contributed by atoms with Crippen LogP contribution in [0.1, 0.15) is 18.6 Å². The Labute approximate surface area is 144 Å². The highest BCUT2D eigenvalue weighted by Crippen LogP contribution is 2.47. The molecule has 0 unspecified atom stereocenters. The van der Waals surface area contributed by atoms with E-state index in [9.17, 15) is 9.59 Å². The van der Waals surface area contributed by atoms with Crippen LogP contribution in [0.5, 0.6) is 5.75 Å². The minimum absolute atomic E-state index is 0.259. The van der Waals surface area contributed by atoms with E-state index >= 15 is 0 Å². The first-order valence-corrected chi connectivity index (χ1v) is 7.88. The van der Waals surface area contributed by atoms with Gasteiger partial charge in [-0.2, -0.15) is 0 Å². The molecule has 0 atom stereocenters. The predicted molar refractivity (Wildman–Crippen MR) is 88.9 cm³/mol. The van der Waals surface area contributed by atoms with Crippen LogP contribution in [0.2, 0.25) is 5.02 Å². The van der Waals surface area contributed by atoms with Gasteiger partial charge >= 0.3 is 0 Å². The summed E-state index contributed by atoms with van der Waals surface area (Å²) in [6.07, 6.45) is 2.58. The van der Waals surface area contributed by atoms with Crippen molar-refractivity contribution in [1.29, 1.82) is 0 Å². The lowest BCUT2D eigenvalue weighted by Gasteiger charge is -2.15. The zero-order chi connectivity index (χ0) is 17.2. The minimum atomic E-state index is -1.01. The molecule has 3 rings (SSSR count). The number of anilines is 1. The Morgan fingerprint density at radius 2 is 2.08 bits per heavy atom. The second kappa shape index (κ2) is 6.57. The van der Waals surface area contributed by atoms with Gasteiger partial charge in [-0.3, -0.25) is 9.59 Å². The molecule has 2 N–H and O–H groups in total. The summed E-state index contributed by atoms with van der Waals surface area (Å²) >= 11 is 6.05. The molecule has 1 aliphatic carbocycles. The van der Waals surface area contributed by atoms with Gasteiger partial charge in [-0.15, -0.1) is 0 Å². The third-order valence-corrected chi connectivity index (χ3v) is 4.33. The number of carbonyl (C=O) groups is 2. The summed E-state index contributed by atoms with van der Waals surface area (Å²) in [6, 6.07) is 8.44. The molecule has 1 saturated carbocycles. The van der Waals surface area contributed by atoms with Crippen molar-refractivity contribution >= 4 is 29.1 Å². The Bertz CT molecular complexity index is 754. The highest BCUT2D eigenvalue weighted by atomic mass is 35.5. The zero-order valence-corrected chi connectivity index (χ0v) is 13.9. The van der Waals surface area contributed by atoms with E-state index in [-0.39, 0.29) is 18.4 Å². The van der Waals surface area contributed by atoms with Crippen LogP contribution in [0, 0.1) is 5.41 Å². The molecule has 0 aliphatic heterocycles. The summed E-state index contributed by atoms with van der Waals surface area (Å²) in [5, 5.41) is 5.88. The average Bonchev–Trinajstić information content (AvgIpc) is 3.22. The maximum atomic E-state index is 12.5. The van der Waals surface area contributed by atoms with Crippen molar-refractivity contribution in [3.05, 3.63) is 47.4 Å². The average molecular weight is 349 g/mol. The number of amides is 2. The third kappa shape index (κ3) is 3.23. The Morgan fingerprint density at radius 1 is 1.29 bits per heavy atom. The van der Waals surface area contributed by atoms with Gasteiger partial charge in [-0.25, -0.2) is 0 Å². The Hall–Kier alpha value is -2.47. The highest BCUT2D eigenvalue weighted by Gasteiger charge is 2.56. The van der Waals surface area contributed by atoms with E-state index in [0.717, 1.165) is 0 Å². The quantitative estimate of drug-likeness (QED) is 0.786. The van der Waals surface area contributed by atoms with Crippen LogP contribution in [0.3, 0.4) is 0 Å². The number of furan rings is 1. The van der Waals surface area contributed by atoms with Gasteiger partial charge in [-0.05, 0) is 43.2 Å². The summed E-state index contributed by atoms with van der Waals surface area (Å²) in [4.78, 5) is 24.9. The number of methoxy groups -OCH3 is 1. The Balaban J connectivity index is 1.63. The molecule has 0 radical (unpaired) electrons. The van der Waals surface area contributed by atoms with E-state index in [0.29, 0.717) is 35.1 Å². The fourth-order valence-corrected chi connectivity index (χ4v) is 2.68. The molecule has 0 spiro atoms. The number of rotatable bonds is 6. The van der Waals surface area contributed by atoms with Crippen LogP contribution in [0.25, 0.3) is 0 Å². The topological polar surface area (TPSA) is 80.6 Å². The molecule has 1 aliphatic rings. The van der Waals surface area contributed by atoms with E-state index < -0.39 is 5.41 Å². The normalized spacial score (nSPS) is 14.8. The SMILES string of the molecule is COc1ccc(NC(=O)C2(C(=O)NCc3ccco3)CC2)cc1Cl. The fraction of sp³-hybridized carbons (Fsp3) is 0.294. The molecule has 1 heterocycles. The molecule has 0 saturated heterocycles. The molecule has 1 aromatic heterocycles. The van der Waals surface area contributed by atoms with Crippen molar-refractivity contribution in [2.75, 3.05) is 12.4 Å². The van der Waals surface area contributed by atoms with E-state index in [1.165, 1.54) is 13.4 Å². The number of ether oxygens (including phenoxy) is 1. The van der Waals surface area contributed by atoms with Crippen molar-refractivity contribution in [2.45, 2.75) is 19.4 Å². The van der Waals surface area contributed by atoms with E-state index in [2.05, 4.69) is 10.6 Å². The van der Waals surface area contributed by atoms with Crippen molar-refractivity contribution in [2.24, 2.45) is 5.41 Å². The monoisotopic (exact) mass is 348 g/mol. The van der Waals surface area contributed by atoms with Crippen molar-refractivity contribution in [3.63, 3.8) is 0 Å². The third-order valence-electron chi connectivity index (χ3n) is 4.03. The van der Waals surface area contributed by atoms with Gasteiger partial charge < -0.3 is 19.8 Å². The zero-order valence-electron chi connectivity index (χ0n) is 13.1. The summed E-state index contributed by atoms with van der Waals surface area (Å²) < 4.78 is 10.2. The Morgan fingerprint density at radius 3 is 2.67 bits per heavy atom. The second-order valence-electron chi connectivity index (χ2n) is 5.65. The number of hydrogen-bond donors (Lipinski definition) is 2. The van der Waals surface area contributed by atoms with E-state index in [1.54, 1.807) is 30.3 Å². The van der Waals surface area contributed by atoms with Crippen LogP contribution in [0.4, 0.5) is 5.69 Å². The summed E-state index contributed by atoms with van der Waals surface area (Å²) in [5.74, 6) is 0.533. The number of nitrogens with one attached hydrogen (secondary N) is 2. The molecule has 1 fully saturated rings. The van der Waals surface area contributed by atoms with Crippen LogP contribution >= 0.6 is 11.6 Å². The predicted octanol–water partition coefficient (Wildman–Crippen LogP) is 2.98. The second-order valence-corrected chi connectivity index (χ2v) is 6.05. The van der Waals surface area contributed by atoms with Gasteiger partial charge in [-0.1, -0.05) is 11.6 Å². The van der Waals surface area contributed by atoms with E-state index in [4.69, 9.17) is 20.8 Å². The smallest absolute Gasteiger partial charge is 0.240 e. The first-order chi connectivity index (χ1) is 11.5. The van der Waals surface area contributed by atoms with Gasteiger partial charge in [0.15, 0.2) is 0 Å². The van der Waals surface area contributed by atoms with Gasteiger partial charge in [0.2, 0.25) is 11.8 Å². The van der Waals surface area contributed by atoms with E-state index in [1.807, 2.05) is 0 Å². The molecule has 6 nitrogen and oxygen atoms in total. The molecular weight excluding hydrogens is 332 g/mol. The lowest BCUT2D eigenvalue weighted by atomic mass is 10.0. The summed E-state index contributed by atoms with van der Waals surface area (Å²) in [7, 11) is 1.52. The number of benzene rings is 1. The first kappa shape index (κ1) is 16.4. The molecule has 2 amide bonds. The molecule has 0 bridgehead atoms. The Kier molecular flexibility index (Phi) is 4.49. The fourth-order valence-electron chi connectivity index (χ4n) is 2.43.